The van der Waals surface area contributed by atoms with Gasteiger partial charge in [0.1, 0.15) is 9.90 Å². The Morgan fingerprint density at radius 2 is 2.24 bits per heavy atom. The second-order valence-electron chi connectivity index (χ2n) is 4.09. The Kier molecular flexibility index (Phi) is 3.28. The van der Waals surface area contributed by atoms with Gasteiger partial charge in [-0.05, 0) is 24.4 Å². The van der Waals surface area contributed by atoms with Crippen molar-refractivity contribution in [1.29, 1.82) is 0 Å². The van der Waals surface area contributed by atoms with Crippen LogP contribution in [0.1, 0.15) is 12.8 Å². The van der Waals surface area contributed by atoms with Gasteiger partial charge in [0.2, 0.25) is 0 Å². The Hall–Kier alpha value is -0.860. The highest BCUT2D eigenvalue weighted by molar-refractivity contribution is 7.92. The van der Waals surface area contributed by atoms with E-state index in [-0.39, 0.29) is 22.6 Å². The highest BCUT2D eigenvalue weighted by Crippen LogP contribution is 2.42. The van der Waals surface area contributed by atoms with Crippen LogP contribution in [0.4, 0.5) is 10.8 Å². The van der Waals surface area contributed by atoms with E-state index in [1.54, 1.807) is 11.9 Å². The monoisotopic (exact) mass is 277 g/mol. The summed E-state index contributed by atoms with van der Waals surface area (Å²) in [5.41, 5.74) is 5.66. The van der Waals surface area contributed by atoms with Crippen molar-refractivity contribution < 1.29 is 13.5 Å². The van der Waals surface area contributed by atoms with Crippen LogP contribution < -0.4 is 10.6 Å². The summed E-state index contributed by atoms with van der Waals surface area (Å²) in [5.74, 6) is 0.0710. The van der Waals surface area contributed by atoms with Crippen LogP contribution in [-0.2, 0) is 9.84 Å². The number of anilines is 2. The van der Waals surface area contributed by atoms with Crippen LogP contribution in [0.15, 0.2) is 4.90 Å². The molecule has 1 aliphatic rings. The van der Waals surface area contributed by atoms with Gasteiger partial charge >= 0.3 is 0 Å². The van der Waals surface area contributed by atoms with Gasteiger partial charge in [0, 0.05) is 13.6 Å². The molecular formula is C9H15N3O3S2. The number of nitrogens with zero attached hydrogens (tertiary/aromatic N) is 2. The fourth-order valence-electron chi connectivity index (χ4n) is 1.59. The number of sulfone groups is 1. The van der Waals surface area contributed by atoms with E-state index in [9.17, 15) is 8.42 Å². The van der Waals surface area contributed by atoms with Crippen molar-refractivity contribution in [1.82, 2.24) is 4.37 Å². The van der Waals surface area contributed by atoms with E-state index >= 15 is 0 Å². The summed E-state index contributed by atoms with van der Waals surface area (Å²) in [6, 6.07) is 0. The van der Waals surface area contributed by atoms with Crippen molar-refractivity contribution in [2.45, 2.75) is 23.0 Å². The number of nitrogens with two attached hydrogens (primary N) is 1. The van der Waals surface area contributed by atoms with Crippen molar-refractivity contribution in [3.8, 4) is 0 Å². The van der Waals surface area contributed by atoms with Gasteiger partial charge in [-0.15, -0.1) is 0 Å². The number of hydrogen-bond donors (Lipinski definition) is 2. The average Bonchev–Trinajstić information content (AvgIpc) is 3.02. The fraction of sp³-hybridized carbons (Fsp3) is 0.667. The predicted octanol–water partition coefficient (Wildman–Crippen LogP) is 0.0899. The van der Waals surface area contributed by atoms with E-state index in [1.807, 2.05) is 0 Å². The maximum Gasteiger partial charge on any atom is 0.187 e. The van der Waals surface area contributed by atoms with Crippen LogP contribution in [0.5, 0.6) is 0 Å². The molecule has 1 saturated carbocycles. The first-order chi connectivity index (χ1) is 7.98. The molecule has 0 amide bonds. The molecule has 1 aromatic rings. The molecule has 1 aliphatic carbocycles. The van der Waals surface area contributed by atoms with Crippen LogP contribution in [0.25, 0.3) is 0 Å². The number of rotatable bonds is 5. The minimum Gasteiger partial charge on any atom is -0.395 e. The first-order valence-corrected chi connectivity index (χ1v) is 7.61. The lowest BCUT2D eigenvalue weighted by Crippen LogP contribution is -2.23. The SMILES string of the molecule is CN(CCO)c1snc(N)c1S(=O)(=O)C1CC1. The molecule has 17 heavy (non-hydrogen) atoms. The normalized spacial score (nSPS) is 16.1. The molecular weight excluding hydrogens is 262 g/mol. The molecule has 0 saturated heterocycles. The summed E-state index contributed by atoms with van der Waals surface area (Å²) in [6.07, 6.45) is 1.39. The zero-order chi connectivity index (χ0) is 12.6. The fourth-order valence-corrected chi connectivity index (χ4v) is 4.63. The Morgan fingerprint density at radius 3 is 2.76 bits per heavy atom. The first kappa shape index (κ1) is 12.6. The lowest BCUT2D eigenvalue weighted by Gasteiger charge is -2.16. The molecule has 0 unspecified atom stereocenters. The molecule has 1 fully saturated rings. The van der Waals surface area contributed by atoms with E-state index in [4.69, 9.17) is 10.8 Å². The molecule has 0 radical (unpaired) electrons. The number of hydrogen-bond acceptors (Lipinski definition) is 7. The smallest absolute Gasteiger partial charge is 0.187 e. The number of nitrogen functional groups attached to an aromatic ring is 1. The molecule has 0 aliphatic heterocycles. The Bertz CT molecular complexity index is 508. The van der Waals surface area contributed by atoms with Gasteiger partial charge in [0.15, 0.2) is 15.7 Å². The second kappa shape index (κ2) is 4.43. The Labute approximate surface area is 104 Å². The van der Waals surface area contributed by atoms with E-state index in [0.717, 1.165) is 11.5 Å². The quantitative estimate of drug-likeness (QED) is 0.792. The van der Waals surface area contributed by atoms with Crippen LogP contribution in [-0.4, -0.2) is 43.3 Å². The van der Waals surface area contributed by atoms with Crippen molar-refractivity contribution >= 4 is 32.2 Å². The molecule has 1 aromatic heterocycles. The van der Waals surface area contributed by atoms with Gasteiger partial charge in [-0.25, -0.2) is 8.42 Å². The molecule has 96 valence electrons. The predicted molar refractivity (Wildman–Crippen MR) is 67.1 cm³/mol. The maximum atomic E-state index is 12.2. The topological polar surface area (TPSA) is 96.5 Å². The summed E-state index contributed by atoms with van der Waals surface area (Å²) < 4.78 is 28.3. The standard InChI is InChI=1S/C9H15N3O3S2/c1-12(4-5-13)9-7(8(10)11-16-9)17(14,15)6-2-3-6/h6,13H,2-5H2,1H3,(H2,10,11). The number of aliphatic hydroxyl groups excluding tert-OH is 1. The lowest BCUT2D eigenvalue weighted by atomic mass is 10.5. The van der Waals surface area contributed by atoms with Gasteiger partial charge in [-0.2, -0.15) is 4.37 Å². The summed E-state index contributed by atoms with van der Waals surface area (Å²) in [6.45, 7) is 0.312. The van der Waals surface area contributed by atoms with Crippen molar-refractivity contribution in [3.63, 3.8) is 0 Å². The van der Waals surface area contributed by atoms with Crippen LogP contribution in [0, 0.1) is 0 Å². The van der Waals surface area contributed by atoms with E-state index in [2.05, 4.69) is 4.37 Å². The van der Waals surface area contributed by atoms with Gasteiger partial charge in [-0.1, -0.05) is 0 Å². The average molecular weight is 277 g/mol. The number of aliphatic hydroxyl groups is 1. The molecule has 8 heteroatoms. The summed E-state index contributed by atoms with van der Waals surface area (Å²) in [5, 5.41) is 9.10. The van der Waals surface area contributed by atoms with Crippen LogP contribution >= 0.6 is 11.5 Å². The summed E-state index contributed by atoms with van der Waals surface area (Å²) in [4.78, 5) is 1.81. The molecule has 3 N–H and O–H groups in total. The van der Waals surface area contributed by atoms with E-state index in [0.29, 0.717) is 24.4 Å². The molecule has 2 rings (SSSR count). The molecule has 0 bridgehead atoms. The molecule has 1 heterocycles. The van der Waals surface area contributed by atoms with Gasteiger partial charge in [0.25, 0.3) is 0 Å². The highest BCUT2D eigenvalue weighted by atomic mass is 32.2. The highest BCUT2D eigenvalue weighted by Gasteiger charge is 2.41. The molecule has 0 atom stereocenters. The van der Waals surface area contributed by atoms with Crippen molar-refractivity contribution in [2.75, 3.05) is 30.8 Å². The molecule has 0 spiro atoms. The number of aromatic nitrogens is 1. The maximum absolute atomic E-state index is 12.2. The van der Waals surface area contributed by atoms with E-state index < -0.39 is 9.84 Å². The van der Waals surface area contributed by atoms with Crippen molar-refractivity contribution in [3.05, 3.63) is 0 Å². The van der Waals surface area contributed by atoms with Crippen molar-refractivity contribution in [2.24, 2.45) is 0 Å². The molecule has 0 aromatic carbocycles. The second-order valence-corrected chi connectivity index (χ2v) is 7.01. The van der Waals surface area contributed by atoms with Gasteiger partial charge in [-0.3, -0.25) is 0 Å². The minimum atomic E-state index is -3.35. The lowest BCUT2D eigenvalue weighted by molar-refractivity contribution is 0.304. The third-order valence-corrected chi connectivity index (χ3v) is 6.11. The van der Waals surface area contributed by atoms with Crippen LogP contribution in [0.3, 0.4) is 0 Å². The third kappa shape index (κ3) is 2.24. The third-order valence-electron chi connectivity index (χ3n) is 2.69. The first-order valence-electron chi connectivity index (χ1n) is 5.29. The summed E-state index contributed by atoms with van der Waals surface area (Å²) in [7, 11) is -1.63. The largest absolute Gasteiger partial charge is 0.395 e. The Balaban J connectivity index is 2.42. The Morgan fingerprint density at radius 1 is 1.59 bits per heavy atom. The molecule has 6 nitrogen and oxygen atoms in total. The summed E-state index contributed by atoms with van der Waals surface area (Å²) >= 11 is 1.06. The van der Waals surface area contributed by atoms with Crippen LogP contribution in [0.2, 0.25) is 0 Å². The zero-order valence-corrected chi connectivity index (χ0v) is 11.1. The number of likely N-dealkylation sites (N-methyl/N-ethyl adjacent to an activating group) is 1. The zero-order valence-electron chi connectivity index (χ0n) is 9.46. The van der Waals surface area contributed by atoms with Gasteiger partial charge < -0.3 is 15.7 Å². The van der Waals surface area contributed by atoms with E-state index in [1.165, 1.54) is 0 Å². The van der Waals surface area contributed by atoms with Gasteiger partial charge in [0.05, 0.1) is 11.9 Å². The minimum absolute atomic E-state index is 0.0444.